The standard InChI is InChI=1S/C14H12BrNOS/c1-9-5-6-12(14(16)18)13(7-9)17-11-4-2-3-10(15)8-11/h2-8H,1H3,(H2,16,18). The van der Waals surface area contributed by atoms with Crippen molar-refractivity contribution < 1.29 is 4.74 Å². The van der Waals surface area contributed by atoms with Crippen LogP contribution in [-0.4, -0.2) is 4.99 Å². The van der Waals surface area contributed by atoms with E-state index in [1.54, 1.807) is 0 Å². The summed E-state index contributed by atoms with van der Waals surface area (Å²) in [6, 6.07) is 13.4. The van der Waals surface area contributed by atoms with Gasteiger partial charge in [0.25, 0.3) is 0 Å². The summed E-state index contributed by atoms with van der Waals surface area (Å²) in [5, 5.41) is 0. The van der Waals surface area contributed by atoms with Gasteiger partial charge in [-0.2, -0.15) is 0 Å². The van der Waals surface area contributed by atoms with Gasteiger partial charge >= 0.3 is 0 Å². The Balaban J connectivity index is 2.39. The molecule has 0 saturated heterocycles. The number of ether oxygens (including phenoxy) is 1. The van der Waals surface area contributed by atoms with Crippen molar-refractivity contribution in [3.05, 3.63) is 58.1 Å². The molecule has 0 spiro atoms. The van der Waals surface area contributed by atoms with Crippen LogP contribution in [0.5, 0.6) is 11.5 Å². The molecule has 2 rings (SSSR count). The van der Waals surface area contributed by atoms with Crippen LogP contribution < -0.4 is 10.5 Å². The van der Waals surface area contributed by atoms with Gasteiger partial charge in [0.15, 0.2) is 0 Å². The molecule has 4 heteroatoms. The Kier molecular flexibility index (Phi) is 3.99. The quantitative estimate of drug-likeness (QED) is 0.861. The van der Waals surface area contributed by atoms with Gasteiger partial charge < -0.3 is 10.5 Å². The van der Waals surface area contributed by atoms with E-state index in [9.17, 15) is 0 Å². The van der Waals surface area contributed by atoms with E-state index in [4.69, 9.17) is 22.7 Å². The lowest BCUT2D eigenvalue weighted by Crippen LogP contribution is -2.10. The smallest absolute Gasteiger partial charge is 0.137 e. The lowest BCUT2D eigenvalue weighted by atomic mass is 10.1. The van der Waals surface area contributed by atoms with Crippen LogP contribution in [0.4, 0.5) is 0 Å². The first-order valence-electron chi connectivity index (χ1n) is 5.40. The van der Waals surface area contributed by atoms with E-state index in [0.29, 0.717) is 10.7 Å². The highest BCUT2D eigenvalue weighted by atomic mass is 79.9. The van der Waals surface area contributed by atoms with Crippen molar-refractivity contribution >= 4 is 33.1 Å². The van der Waals surface area contributed by atoms with Crippen LogP contribution in [0, 0.1) is 6.92 Å². The summed E-state index contributed by atoms with van der Waals surface area (Å²) in [6.45, 7) is 2.00. The molecule has 0 aliphatic carbocycles. The molecule has 0 aliphatic rings. The molecular weight excluding hydrogens is 310 g/mol. The van der Waals surface area contributed by atoms with Crippen molar-refractivity contribution in [2.75, 3.05) is 0 Å². The fraction of sp³-hybridized carbons (Fsp3) is 0.0714. The molecule has 0 saturated carbocycles. The number of hydrogen-bond donors (Lipinski definition) is 1. The minimum atomic E-state index is 0.333. The fourth-order valence-electron chi connectivity index (χ4n) is 1.58. The lowest BCUT2D eigenvalue weighted by Gasteiger charge is -2.11. The van der Waals surface area contributed by atoms with Crippen molar-refractivity contribution in [3.8, 4) is 11.5 Å². The van der Waals surface area contributed by atoms with E-state index in [1.807, 2.05) is 49.4 Å². The molecule has 0 radical (unpaired) electrons. The fourth-order valence-corrected chi connectivity index (χ4v) is 2.12. The van der Waals surface area contributed by atoms with Gasteiger partial charge in [0.05, 0.1) is 5.56 Å². The number of rotatable bonds is 3. The number of halogens is 1. The number of nitrogens with two attached hydrogens (primary N) is 1. The zero-order valence-electron chi connectivity index (χ0n) is 9.81. The lowest BCUT2D eigenvalue weighted by molar-refractivity contribution is 0.481. The maximum atomic E-state index is 5.83. The van der Waals surface area contributed by atoms with Gasteiger partial charge in [-0.1, -0.05) is 40.3 Å². The molecule has 92 valence electrons. The predicted octanol–water partition coefficient (Wildman–Crippen LogP) is 4.18. The summed E-state index contributed by atoms with van der Waals surface area (Å²) >= 11 is 8.43. The molecule has 2 aromatic rings. The van der Waals surface area contributed by atoms with E-state index in [-0.39, 0.29) is 0 Å². The molecule has 0 fully saturated rings. The van der Waals surface area contributed by atoms with E-state index >= 15 is 0 Å². The molecular formula is C14H12BrNOS. The van der Waals surface area contributed by atoms with Crippen molar-refractivity contribution in [2.24, 2.45) is 5.73 Å². The largest absolute Gasteiger partial charge is 0.457 e. The summed E-state index contributed by atoms with van der Waals surface area (Å²) in [4.78, 5) is 0.333. The Morgan fingerprint density at radius 2 is 2.00 bits per heavy atom. The van der Waals surface area contributed by atoms with Gasteiger partial charge in [-0.15, -0.1) is 0 Å². The summed E-state index contributed by atoms with van der Waals surface area (Å²) < 4.78 is 6.80. The molecule has 0 aromatic heterocycles. The van der Waals surface area contributed by atoms with Crippen LogP contribution in [0.3, 0.4) is 0 Å². The Hall–Kier alpha value is -1.39. The monoisotopic (exact) mass is 321 g/mol. The van der Waals surface area contributed by atoms with Gasteiger partial charge in [-0.3, -0.25) is 0 Å². The summed E-state index contributed by atoms with van der Waals surface area (Å²) in [6.07, 6.45) is 0. The van der Waals surface area contributed by atoms with Crippen LogP contribution >= 0.6 is 28.1 Å². The van der Waals surface area contributed by atoms with Crippen LogP contribution in [0.15, 0.2) is 46.9 Å². The SMILES string of the molecule is Cc1ccc(C(N)=S)c(Oc2cccc(Br)c2)c1. The van der Waals surface area contributed by atoms with Crippen LogP contribution in [0.1, 0.15) is 11.1 Å². The van der Waals surface area contributed by atoms with Gasteiger partial charge in [-0.25, -0.2) is 0 Å². The van der Waals surface area contributed by atoms with Gasteiger partial charge in [-0.05, 0) is 42.8 Å². The zero-order valence-corrected chi connectivity index (χ0v) is 12.2. The minimum Gasteiger partial charge on any atom is -0.457 e. The molecule has 2 nitrogen and oxygen atoms in total. The topological polar surface area (TPSA) is 35.2 Å². The first kappa shape index (κ1) is 13.1. The Bertz CT molecular complexity index is 598. The van der Waals surface area contributed by atoms with Crippen LogP contribution in [0.2, 0.25) is 0 Å². The molecule has 18 heavy (non-hydrogen) atoms. The highest BCUT2D eigenvalue weighted by molar-refractivity contribution is 9.10. The average molecular weight is 322 g/mol. The second-order valence-corrected chi connectivity index (χ2v) is 5.28. The van der Waals surface area contributed by atoms with E-state index < -0.39 is 0 Å². The zero-order chi connectivity index (χ0) is 13.1. The highest BCUT2D eigenvalue weighted by Gasteiger charge is 2.08. The average Bonchev–Trinajstić information content (AvgIpc) is 2.28. The highest BCUT2D eigenvalue weighted by Crippen LogP contribution is 2.28. The molecule has 2 aromatic carbocycles. The molecule has 0 heterocycles. The molecule has 0 aliphatic heterocycles. The third-order valence-electron chi connectivity index (χ3n) is 2.43. The third kappa shape index (κ3) is 3.09. The maximum Gasteiger partial charge on any atom is 0.137 e. The Morgan fingerprint density at radius 3 is 2.67 bits per heavy atom. The van der Waals surface area contributed by atoms with E-state index in [1.165, 1.54) is 0 Å². The number of aryl methyl sites for hydroxylation is 1. The minimum absolute atomic E-state index is 0.333. The first-order chi connectivity index (χ1) is 8.56. The van der Waals surface area contributed by atoms with Gasteiger partial charge in [0.1, 0.15) is 16.5 Å². The summed E-state index contributed by atoms with van der Waals surface area (Å²) in [5.74, 6) is 1.42. The Morgan fingerprint density at radius 1 is 1.22 bits per heavy atom. The normalized spacial score (nSPS) is 10.1. The predicted molar refractivity (Wildman–Crippen MR) is 81.3 cm³/mol. The van der Waals surface area contributed by atoms with Crippen molar-refractivity contribution in [1.29, 1.82) is 0 Å². The van der Waals surface area contributed by atoms with Crippen molar-refractivity contribution in [3.63, 3.8) is 0 Å². The second-order valence-electron chi connectivity index (χ2n) is 3.92. The van der Waals surface area contributed by atoms with Crippen molar-refractivity contribution in [1.82, 2.24) is 0 Å². The summed E-state index contributed by atoms with van der Waals surface area (Å²) in [5.41, 5.74) is 7.53. The number of benzene rings is 2. The van der Waals surface area contributed by atoms with Crippen LogP contribution in [0.25, 0.3) is 0 Å². The molecule has 0 bridgehead atoms. The van der Waals surface area contributed by atoms with Gasteiger partial charge in [0, 0.05) is 4.47 Å². The summed E-state index contributed by atoms with van der Waals surface area (Å²) in [7, 11) is 0. The van der Waals surface area contributed by atoms with Gasteiger partial charge in [0.2, 0.25) is 0 Å². The molecule has 0 unspecified atom stereocenters. The number of hydrogen-bond acceptors (Lipinski definition) is 2. The molecule has 0 amide bonds. The maximum absolute atomic E-state index is 5.83. The molecule has 0 atom stereocenters. The Labute approximate surface area is 120 Å². The third-order valence-corrected chi connectivity index (χ3v) is 3.14. The number of thiocarbonyl (C=S) groups is 1. The van der Waals surface area contributed by atoms with E-state index in [0.717, 1.165) is 21.3 Å². The van der Waals surface area contributed by atoms with E-state index in [2.05, 4.69) is 15.9 Å². The van der Waals surface area contributed by atoms with Crippen LogP contribution in [-0.2, 0) is 0 Å². The van der Waals surface area contributed by atoms with Crippen molar-refractivity contribution in [2.45, 2.75) is 6.92 Å². The first-order valence-corrected chi connectivity index (χ1v) is 6.60. The second kappa shape index (κ2) is 5.50. The molecule has 2 N–H and O–H groups in total.